The molecule has 2 aromatic carbocycles. The van der Waals surface area contributed by atoms with Gasteiger partial charge in [-0.1, -0.05) is 23.8 Å². The van der Waals surface area contributed by atoms with E-state index < -0.39 is 10.0 Å². The fourth-order valence-electron chi connectivity index (χ4n) is 2.78. The molecule has 0 unspecified atom stereocenters. The fourth-order valence-corrected chi connectivity index (χ4v) is 5.07. The minimum Gasteiger partial charge on any atom is -0.325 e. The average molecular weight is 377 g/mol. The van der Waals surface area contributed by atoms with Gasteiger partial charge in [0, 0.05) is 10.6 Å². The first-order valence-electron chi connectivity index (χ1n) is 7.91. The zero-order valence-electron chi connectivity index (χ0n) is 14.3. The Morgan fingerprint density at radius 2 is 1.92 bits per heavy atom. The van der Waals surface area contributed by atoms with E-state index in [2.05, 4.69) is 28.2 Å². The normalized spacial score (nSPS) is 16.5. The second kappa shape index (κ2) is 6.82. The van der Waals surface area contributed by atoms with Gasteiger partial charge in [-0.3, -0.25) is 4.79 Å². The number of sulfonamides is 1. The lowest BCUT2D eigenvalue weighted by atomic mass is 10.1. The number of thioether (sulfide) groups is 1. The molecule has 1 heterocycles. The highest BCUT2D eigenvalue weighted by Crippen LogP contribution is 2.38. The summed E-state index contributed by atoms with van der Waals surface area (Å²) >= 11 is 1.55. The summed E-state index contributed by atoms with van der Waals surface area (Å²) in [5.74, 6) is -0.115. The van der Waals surface area contributed by atoms with Crippen LogP contribution < -0.4 is 10.0 Å². The van der Waals surface area contributed by atoms with Crippen LogP contribution in [0.3, 0.4) is 0 Å². The summed E-state index contributed by atoms with van der Waals surface area (Å²) in [7, 11) is -2.19. The van der Waals surface area contributed by atoms with Gasteiger partial charge in [-0.05, 0) is 56.6 Å². The number of aryl methyl sites for hydroxylation is 2. The Balaban J connectivity index is 1.78. The molecule has 1 aliphatic rings. The number of anilines is 1. The monoisotopic (exact) mass is 376 g/mol. The van der Waals surface area contributed by atoms with Crippen molar-refractivity contribution in [2.45, 2.75) is 35.3 Å². The van der Waals surface area contributed by atoms with Crippen molar-refractivity contribution in [3.8, 4) is 0 Å². The van der Waals surface area contributed by atoms with E-state index in [1.807, 2.05) is 6.92 Å². The lowest BCUT2D eigenvalue weighted by Crippen LogP contribution is -2.25. The van der Waals surface area contributed by atoms with Gasteiger partial charge in [0.1, 0.15) is 0 Å². The van der Waals surface area contributed by atoms with Crippen LogP contribution in [-0.4, -0.2) is 26.6 Å². The molecule has 25 heavy (non-hydrogen) atoms. The number of carbonyl (C=O) groups excluding carboxylic acids is 1. The Bertz CT molecular complexity index is 939. The van der Waals surface area contributed by atoms with Crippen molar-refractivity contribution in [2.24, 2.45) is 0 Å². The molecule has 0 fully saturated rings. The van der Waals surface area contributed by atoms with Crippen LogP contribution in [-0.2, 0) is 21.2 Å². The summed E-state index contributed by atoms with van der Waals surface area (Å²) in [6.45, 7) is 3.76. The zero-order valence-corrected chi connectivity index (χ0v) is 15.9. The maximum atomic E-state index is 12.6. The largest absolute Gasteiger partial charge is 0.325 e. The van der Waals surface area contributed by atoms with Crippen molar-refractivity contribution in [3.05, 3.63) is 53.1 Å². The molecule has 1 aliphatic heterocycles. The highest BCUT2D eigenvalue weighted by atomic mass is 32.2. The standard InChI is InChI=1S/C18H20N2O3S2/c1-11-4-6-13-9-16(24-15(13)8-11)18(21)20-14-7-5-12(2)17(10-14)25(22,23)19-3/h4-8,10,16,19H,9H2,1-3H3,(H,20,21)/t16-/m0/s1. The molecule has 0 bridgehead atoms. The summed E-state index contributed by atoms with van der Waals surface area (Å²) in [5.41, 5.74) is 3.47. The fraction of sp³-hybridized carbons (Fsp3) is 0.278. The molecule has 0 aliphatic carbocycles. The molecule has 2 N–H and O–H groups in total. The quantitative estimate of drug-likeness (QED) is 0.860. The van der Waals surface area contributed by atoms with E-state index in [1.54, 1.807) is 30.8 Å². The molecule has 0 aromatic heterocycles. The van der Waals surface area contributed by atoms with Gasteiger partial charge in [0.15, 0.2) is 0 Å². The number of amides is 1. The first-order chi connectivity index (χ1) is 11.8. The molecule has 0 radical (unpaired) electrons. The number of hydrogen-bond donors (Lipinski definition) is 2. The predicted octanol–water partition coefficient (Wildman–Crippen LogP) is 2.87. The number of rotatable bonds is 4. The molecule has 132 valence electrons. The number of carbonyl (C=O) groups is 1. The lowest BCUT2D eigenvalue weighted by Gasteiger charge is -2.12. The number of nitrogens with one attached hydrogen (secondary N) is 2. The van der Waals surface area contributed by atoms with Crippen molar-refractivity contribution >= 4 is 33.4 Å². The van der Waals surface area contributed by atoms with Crippen LogP contribution in [0.25, 0.3) is 0 Å². The SMILES string of the molecule is CNS(=O)(=O)c1cc(NC(=O)[C@@H]2Cc3ccc(C)cc3S2)ccc1C. The van der Waals surface area contributed by atoms with Crippen LogP contribution in [0.1, 0.15) is 16.7 Å². The highest BCUT2D eigenvalue weighted by molar-refractivity contribution is 8.01. The summed E-state index contributed by atoms with van der Waals surface area (Å²) in [5, 5.41) is 2.64. The van der Waals surface area contributed by atoms with Crippen molar-refractivity contribution in [2.75, 3.05) is 12.4 Å². The van der Waals surface area contributed by atoms with Gasteiger partial charge in [-0.15, -0.1) is 11.8 Å². The van der Waals surface area contributed by atoms with Crippen LogP contribution in [0, 0.1) is 13.8 Å². The second-order valence-corrected chi connectivity index (χ2v) is 9.20. The van der Waals surface area contributed by atoms with Gasteiger partial charge in [0.2, 0.25) is 15.9 Å². The third-order valence-corrected chi connectivity index (χ3v) is 7.06. The van der Waals surface area contributed by atoms with Crippen molar-refractivity contribution < 1.29 is 13.2 Å². The number of fused-ring (bicyclic) bond motifs is 1. The maximum absolute atomic E-state index is 12.6. The van der Waals surface area contributed by atoms with Gasteiger partial charge < -0.3 is 5.32 Å². The van der Waals surface area contributed by atoms with Gasteiger partial charge in [-0.25, -0.2) is 13.1 Å². The molecule has 3 rings (SSSR count). The number of hydrogen-bond acceptors (Lipinski definition) is 4. The third kappa shape index (κ3) is 3.73. The molecule has 0 saturated heterocycles. The summed E-state index contributed by atoms with van der Waals surface area (Å²) < 4.78 is 26.4. The van der Waals surface area contributed by atoms with E-state index in [0.717, 1.165) is 4.90 Å². The Kier molecular flexibility index (Phi) is 4.90. The average Bonchev–Trinajstić information content (AvgIpc) is 2.99. The molecule has 5 nitrogen and oxygen atoms in total. The van der Waals surface area contributed by atoms with E-state index in [9.17, 15) is 13.2 Å². The summed E-state index contributed by atoms with van der Waals surface area (Å²) in [6, 6.07) is 11.1. The Morgan fingerprint density at radius 3 is 2.64 bits per heavy atom. The van der Waals surface area contributed by atoms with E-state index in [-0.39, 0.29) is 16.1 Å². The van der Waals surface area contributed by atoms with Crippen molar-refractivity contribution in [1.82, 2.24) is 4.72 Å². The van der Waals surface area contributed by atoms with E-state index in [1.165, 1.54) is 24.2 Å². The number of benzene rings is 2. The molecule has 1 amide bonds. The second-order valence-electron chi connectivity index (χ2n) is 6.10. The third-order valence-electron chi connectivity index (χ3n) is 4.20. The van der Waals surface area contributed by atoms with Gasteiger partial charge in [0.25, 0.3) is 0 Å². The van der Waals surface area contributed by atoms with Crippen LogP contribution in [0.4, 0.5) is 5.69 Å². The van der Waals surface area contributed by atoms with Gasteiger partial charge >= 0.3 is 0 Å². The van der Waals surface area contributed by atoms with Gasteiger partial charge in [0.05, 0.1) is 10.1 Å². The minimum atomic E-state index is -3.56. The Morgan fingerprint density at radius 1 is 1.16 bits per heavy atom. The zero-order chi connectivity index (χ0) is 18.2. The molecular weight excluding hydrogens is 356 g/mol. The topological polar surface area (TPSA) is 75.3 Å². The van der Waals surface area contributed by atoms with Crippen LogP contribution in [0.2, 0.25) is 0 Å². The summed E-state index contributed by atoms with van der Waals surface area (Å²) in [4.78, 5) is 13.9. The van der Waals surface area contributed by atoms with Crippen LogP contribution in [0.15, 0.2) is 46.2 Å². The minimum absolute atomic E-state index is 0.115. The first kappa shape index (κ1) is 18.0. The van der Waals surface area contributed by atoms with E-state index in [0.29, 0.717) is 17.7 Å². The van der Waals surface area contributed by atoms with Crippen LogP contribution >= 0.6 is 11.8 Å². The predicted molar refractivity (Wildman–Crippen MR) is 101 cm³/mol. The van der Waals surface area contributed by atoms with E-state index >= 15 is 0 Å². The molecule has 0 spiro atoms. The Labute approximate surface area is 152 Å². The maximum Gasteiger partial charge on any atom is 0.240 e. The van der Waals surface area contributed by atoms with Crippen molar-refractivity contribution in [1.29, 1.82) is 0 Å². The van der Waals surface area contributed by atoms with Crippen molar-refractivity contribution in [3.63, 3.8) is 0 Å². The smallest absolute Gasteiger partial charge is 0.240 e. The molecule has 2 aromatic rings. The van der Waals surface area contributed by atoms with Gasteiger partial charge in [-0.2, -0.15) is 0 Å². The Hall–Kier alpha value is -1.83. The summed E-state index contributed by atoms with van der Waals surface area (Å²) in [6.07, 6.45) is 0.680. The lowest BCUT2D eigenvalue weighted by molar-refractivity contribution is -0.115. The highest BCUT2D eigenvalue weighted by Gasteiger charge is 2.28. The molecule has 1 atom stereocenters. The van der Waals surface area contributed by atoms with Crippen LogP contribution in [0.5, 0.6) is 0 Å². The molecule has 0 saturated carbocycles. The molecular formula is C18H20N2O3S2. The first-order valence-corrected chi connectivity index (χ1v) is 10.3. The molecule has 7 heteroatoms. The van der Waals surface area contributed by atoms with E-state index in [4.69, 9.17) is 0 Å².